The van der Waals surface area contributed by atoms with E-state index >= 15 is 0 Å². The van der Waals surface area contributed by atoms with Crippen molar-refractivity contribution in [2.24, 2.45) is 0 Å². The van der Waals surface area contributed by atoms with E-state index < -0.39 is 18.0 Å². The Balaban J connectivity index is 2.83. The van der Waals surface area contributed by atoms with Crippen LogP contribution in [0.15, 0.2) is 24.3 Å². The first-order valence-corrected chi connectivity index (χ1v) is 5.81. The van der Waals surface area contributed by atoms with Crippen LogP contribution in [0.5, 0.6) is 0 Å². The van der Waals surface area contributed by atoms with Crippen LogP contribution >= 0.6 is 0 Å². The Bertz CT molecular complexity index is 380. The van der Waals surface area contributed by atoms with Gasteiger partial charge in [-0.2, -0.15) is 0 Å². The third kappa shape index (κ3) is 4.43. The van der Waals surface area contributed by atoms with Gasteiger partial charge in [0.15, 0.2) is 0 Å². The SMILES string of the molecule is C[C@@H](O)CN(C[C@@H](C)O)C(=O)c1ccc(F)cc1. The molecule has 0 fully saturated rings. The molecular weight excluding hydrogens is 237 g/mol. The van der Waals surface area contributed by atoms with Crippen molar-refractivity contribution >= 4 is 5.91 Å². The number of carbonyl (C=O) groups is 1. The molecule has 1 rings (SSSR count). The van der Waals surface area contributed by atoms with Crippen LogP contribution in [0.1, 0.15) is 24.2 Å². The number of aliphatic hydroxyl groups is 2. The van der Waals surface area contributed by atoms with Crippen LogP contribution in [0.25, 0.3) is 0 Å². The molecule has 2 atom stereocenters. The molecule has 0 heterocycles. The zero-order valence-electron chi connectivity index (χ0n) is 10.5. The Morgan fingerprint density at radius 3 is 2.00 bits per heavy atom. The van der Waals surface area contributed by atoms with Gasteiger partial charge in [0.1, 0.15) is 5.82 Å². The van der Waals surface area contributed by atoms with E-state index in [1.165, 1.54) is 29.2 Å². The lowest BCUT2D eigenvalue weighted by atomic mass is 10.1. The van der Waals surface area contributed by atoms with Crippen LogP contribution in [0.3, 0.4) is 0 Å². The van der Waals surface area contributed by atoms with E-state index in [0.717, 1.165) is 0 Å². The third-order valence-corrected chi connectivity index (χ3v) is 2.35. The van der Waals surface area contributed by atoms with Gasteiger partial charge in [-0.05, 0) is 38.1 Å². The Labute approximate surface area is 106 Å². The molecule has 1 aromatic carbocycles. The van der Waals surface area contributed by atoms with E-state index in [9.17, 15) is 19.4 Å². The van der Waals surface area contributed by atoms with Crippen molar-refractivity contribution in [3.63, 3.8) is 0 Å². The van der Waals surface area contributed by atoms with Gasteiger partial charge in [-0.25, -0.2) is 4.39 Å². The summed E-state index contributed by atoms with van der Waals surface area (Å²) in [6, 6.07) is 5.18. The van der Waals surface area contributed by atoms with E-state index in [2.05, 4.69) is 0 Å². The maximum absolute atomic E-state index is 12.8. The maximum Gasteiger partial charge on any atom is 0.254 e. The molecule has 0 aliphatic heterocycles. The number of aliphatic hydroxyl groups excluding tert-OH is 2. The number of nitrogens with zero attached hydrogens (tertiary/aromatic N) is 1. The highest BCUT2D eigenvalue weighted by Gasteiger charge is 2.18. The molecule has 0 radical (unpaired) electrons. The average Bonchev–Trinajstić information content (AvgIpc) is 2.27. The Morgan fingerprint density at radius 1 is 1.17 bits per heavy atom. The summed E-state index contributed by atoms with van der Waals surface area (Å²) in [6.07, 6.45) is -1.37. The van der Waals surface area contributed by atoms with Gasteiger partial charge in [0, 0.05) is 18.7 Å². The van der Waals surface area contributed by atoms with Gasteiger partial charge < -0.3 is 15.1 Å². The zero-order valence-corrected chi connectivity index (χ0v) is 10.5. The van der Waals surface area contributed by atoms with Gasteiger partial charge in [0.05, 0.1) is 12.2 Å². The predicted molar refractivity (Wildman–Crippen MR) is 65.7 cm³/mol. The van der Waals surface area contributed by atoms with Crippen molar-refractivity contribution in [2.45, 2.75) is 26.1 Å². The molecule has 0 aliphatic carbocycles. The molecule has 0 saturated carbocycles. The van der Waals surface area contributed by atoms with Gasteiger partial charge >= 0.3 is 0 Å². The predicted octanol–water partition coefficient (Wildman–Crippen LogP) is 1.03. The standard InChI is InChI=1S/C13H18FNO3/c1-9(16)7-15(8-10(2)17)13(18)11-3-5-12(14)6-4-11/h3-6,9-10,16-17H,7-8H2,1-2H3/t9-,10-/m1/s1. The molecule has 0 bridgehead atoms. The molecule has 0 saturated heterocycles. The van der Waals surface area contributed by atoms with Crippen molar-refractivity contribution in [2.75, 3.05) is 13.1 Å². The normalized spacial score (nSPS) is 14.1. The minimum Gasteiger partial charge on any atom is -0.392 e. The molecule has 1 aromatic rings. The highest BCUT2D eigenvalue weighted by atomic mass is 19.1. The van der Waals surface area contributed by atoms with Crippen LogP contribution in [0, 0.1) is 5.82 Å². The smallest absolute Gasteiger partial charge is 0.254 e. The Morgan fingerprint density at radius 2 is 1.61 bits per heavy atom. The number of carbonyl (C=O) groups excluding carboxylic acids is 1. The molecule has 18 heavy (non-hydrogen) atoms. The lowest BCUT2D eigenvalue weighted by Crippen LogP contribution is -2.40. The number of benzene rings is 1. The Hall–Kier alpha value is -1.46. The monoisotopic (exact) mass is 255 g/mol. The summed E-state index contributed by atoms with van der Waals surface area (Å²) >= 11 is 0. The quantitative estimate of drug-likeness (QED) is 0.826. The number of halogens is 1. The van der Waals surface area contributed by atoms with Gasteiger partial charge in [-0.15, -0.1) is 0 Å². The van der Waals surface area contributed by atoms with Crippen molar-refractivity contribution in [3.05, 3.63) is 35.6 Å². The van der Waals surface area contributed by atoms with Crippen LogP contribution in [-0.4, -0.2) is 46.3 Å². The second kappa shape index (κ2) is 6.47. The number of rotatable bonds is 5. The van der Waals surface area contributed by atoms with Gasteiger partial charge in [-0.3, -0.25) is 4.79 Å². The molecule has 0 unspecified atom stereocenters. The lowest BCUT2D eigenvalue weighted by molar-refractivity contribution is 0.0518. The number of hydrogen-bond donors (Lipinski definition) is 2. The largest absolute Gasteiger partial charge is 0.392 e. The van der Waals surface area contributed by atoms with Crippen molar-refractivity contribution in [1.82, 2.24) is 4.90 Å². The molecule has 0 aliphatic rings. The van der Waals surface area contributed by atoms with Gasteiger partial charge in [0.25, 0.3) is 5.91 Å². The summed E-state index contributed by atoms with van der Waals surface area (Å²) in [5, 5.41) is 18.7. The molecule has 5 heteroatoms. The molecule has 0 spiro atoms. The Kier molecular flexibility index (Phi) is 5.25. The van der Waals surface area contributed by atoms with Crippen LogP contribution in [0.2, 0.25) is 0 Å². The first kappa shape index (κ1) is 14.6. The van der Waals surface area contributed by atoms with Crippen LogP contribution in [0.4, 0.5) is 4.39 Å². The van der Waals surface area contributed by atoms with E-state index in [-0.39, 0.29) is 19.0 Å². The summed E-state index contributed by atoms with van der Waals surface area (Å²) in [7, 11) is 0. The molecule has 100 valence electrons. The van der Waals surface area contributed by atoms with Gasteiger partial charge in [-0.1, -0.05) is 0 Å². The minimum absolute atomic E-state index is 0.126. The number of amides is 1. The topological polar surface area (TPSA) is 60.8 Å². The first-order chi connectivity index (χ1) is 8.40. The van der Waals surface area contributed by atoms with E-state index in [1.54, 1.807) is 13.8 Å². The second-order valence-electron chi connectivity index (χ2n) is 4.42. The summed E-state index contributed by atoms with van der Waals surface area (Å²) in [4.78, 5) is 13.5. The fourth-order valence-corrected chi connectivity index (χ4v) is 1.65. The van der Waals surface area contributed by atoms with Gasteiger partial charge in [0.2, 0.25) is 0 Å². The van der Waals surface area contributed by atoms with Crippen molar-refractivity contribution < 1.29 is 19.4 Å². The zero-order chi connectivity index (χ0) is 13.7. The lowest BCUT2D eigenvalue weighted by Gasteiger charge is -2.25. The molecule has 2 N–H and O–H groups in total. The van der Waals surface area contributed by atoms with Crippen LogP contribution < -0.4 is 0 Å². The van der Waals surface area contributed by atoms with Crippen molar-refractivity contribution in [3.8, 4) is 0 Å². The fraction of sp³-hybridized carbons (Fsp3) is 0.462. The van der Waals surface area contributed by atoms with E-state index in [4.69, 9.17) is 0 Å². The third-order valence-electron chi connectivity index (χ3n) is 2.35. The molecule has 1 amide bonds. The first-order valence-electron chi connectivity index (χ1n) is 5.81. The molecule has 4 nitrogen and oxygen atoms in total. The highest BCUT2D eigenvalue weighted by Crippen LogP contribution is 2.08. The molecule has 0 aromatic heterocycles. The minimum atomic E-state index is -0.687. The second-order valence-corrected chi connectivity index (χ2v) is 4.42. The average molecular weight is 255 g/mol. The summed E-state index contributed by atoms with van der Waals surface area (Å²) in [6.45, 7) is 3.38. The summed E-state index contributed by atoms with van der Waals surface area (Å²) in [5.74, 6) is -0.749. The summed E-state index contributed by atoms with van der Waals surface area (Å²) in [5.41, 5.74) is 0.331. The number of hydrogen-bond acceptors (Lipinski definition) is 3. The highest BCUT2D eigenvalue weighted by molar-refractivity contribution is 5.94. The van der Waals surface area contributed by atoms with Crippen molar-refractivity contribution in [1.29, 1.82) is 0 Å². The maximum atomic E-state index is 12.8. The van der Waals surface area contributed by atoms with E-state index in [1.807, 2.05) is 0 Å². The van der Waals surface area contributed by atoms with Crippen LogP contribution in [-0.2, 0) is 0 Å². The molecular formula is C13H18FNO3. The van der Waals surface area contributed by atoms with E-state index in [0.29, 0.717) is 5.56 Å². The fourth-order valence-electron chi connectivity index (χ4n) is 1.65. The summed E-state index contributed by atoms with van der Waals surface area (Å²) < 4.78 is 12.8.